The summed E-state index contributed by atoms with van der Waals surface area (Å²) in [5, 5.41) is 13.4. The van der Waals surface area contributed by atoms with E-state index in [1.807, 2.05) is 30.0 Å². The summed E-state index contributed by atoms with van der Waals surface area (Å²) in [6, 6.07) is 7.56. The van der Waals surface area contributed by atoms with Crippen molar-refractivity contribution in [2.75, 3.05) is 56.2 Å². The Hall–Kier alpha value is -0.830. The molecule has 0 radical (unpaired) electrons. The molecule has 1 fully saturated rings. The molecule has 1 saturated heterocycles. The molecule has 1 aromatic rings. The van der Waals surface area contributed by atoms with Gasteiger partial charge in [-0.1, -0.05) is 12.1 Å². The number of hydrogen-bond donors (Lipinski definition) is 2. The van der Waals surface area contributed by atoms with E-state index in [4.69, 9.17) is 4.99 Å². The number of phenols is 1. The Labute approximate surface area is 166 Å². The Kier molecular flexibility index (Phi) is 10.3. The van der Waals surface area contributed by atoms with Crippen molar-refractivity contribution in [2.24, 2.45) is 4.99 Å². The second-order valence-electron chi connectivity index (χ2n) is 5.54. The van der Waals surface area contributed by atoms with Gasteiger partial charge in [-0.15, -0.1) is 24.0 Å². The summed E-state index contributed by atoms with van der Waals surface area (Å²) < 4.78 is 0. The number of anilines is 1. The van der Waals surface area contributed by atoms with Gasteiger partial charge >= 0.3 is 0 Å². The maximum absolute atomic E-state index is 10.00. The van der Waals surface area contributed by atoms with E-state index in [0.29, 0.717) is 5.75 Å². The van der Waals surface area contributed by atoms with E-state index in [1.165, 1.54) is 0 Å². The van der Waals surface area contributed by atoms with Crippen molar-refractivity contribution in [3.63, 3.8) is 0 Å². The van der Waals surface area contributed by atoms with Crippen LogP contribution in [0.25, 0.3) is 0 Å². The van der Waals surface area contributed by atoms with Crippen molar-refractivity contribution in [1.82, 2.24) is 10.2 Å². The number of piperazine rings is 1. The molecule has 0 spiro atoms. The molecule has 0 unspecified atom stereocenters. The molecule has 0 amide bonds. The third kappa shape index (κ3) is 6.23. The predicted octanol–water partition coefficient (Wildman–Crippen LogP) is 2.85. The number of guanidine groups is 1. The Morgan fingerprint density at radius 2 is 1.96 bits per heavy atom. The number of nitrogens with one attached hydrogen (secondary N) is 1. The monoisotopic (exact) mass is 464 g/mol. The molecule has 7 heteroatoms. The molecule has 0 bridgehead atoms. The fraction of sp³-hybridized carbons (Fsp3) is 0.588. The van der Waals surface area contributed by atoms with Crippen LogP contribution in [0, 0.1) is 0 Å². The SMILES string of the molecule is CCNC(=NCCCSC)N1CCN(c2ccccc2O)CC1.I. The van der Waals surface area contributed by atoms with Crippen LogP contribution in [-0.2, 0) is 0 Å². The molecule has 136 valence electrons. The summed E-state index contributed by atoms with van der Waals surface area (Å²) in [6.07, 6.45) is 3.25. The van der Waals surface area contributed by atoms with Gasteiger partial charge in [0.1, 0.15) is 5.75 Å². The fourth-order valence-corrected chi connectivity index (χ4v) is 3.13. The normalized spacial score (nSPS) is 15.2. The molecule has 2 N–H and O–H groups in total. The van der Waals surface area contributed by atoms with Crippen molar-refractivity contribution in [2.45, 2.75) is 13.3 Å². The maximum atomic E-state index is 10.00. The maximum Gasteiger partial charge on any atom is 0.194 e. The minimum Gasteiger partial charge on any atom is -0.506 e. The van der Waals surface area contributed by atoms with Crippen LogP contribution in [0.1, 0.15) is 13.3 Å². The van der Waals surface area contributed by atoms with Gasteiger partial charge in [0.05, 0.1) is 5.69 Å². The molecular weight excluding hydrogens is 435 g/mol. The molecule has 0 aliphatic carbocycles. The minimum absolute atomic E-state index is 0. The number of halogens is 1. The van der Waals surface area contributed by atoms with E-state index < -0.39 is 0 Å². The van der Waals surface area contributed by atoms with Gasteiger partial charge in [0.15, 0.2) is 5.96 Å². The fourth-order valence-electron chi connectivity index (χ4n) is 2.71. The minimum atomic E-state index is 0. The average Bonchev–Trinajstić information content (AvgIpc) is 2.58. The van der Waals surface area contributed by atoms with Crippen LogP contribution in [-0.4, -0.2) is 67.2 Å². The highest BCUT2D eigenvalue weighted by atomic mass is 127. The topological polar surface area (TPSA) is 51.1 Å². The smallest absolute Gasteiger partial charge is 0.194 e. The lowest BCUT2D eigenvalue weighted by molar-refractivity contribution is 0.370. The predicted molar refractivity (Wildman–Crippen MR) is 116 cm³/mol. The van der Waals surface area contributed by atoms with E-state index in [-0.39, 0.29) is 24.0 Å². The second kappa shape index (κ2) is 11.7. The van der Waals surface area contributed by atoms with Gasteiger partial charge in [-0.25, -0.2) is 0 Å². The number of hydrogen-bond acceptors (Lipinski definition) is 4. The van der Waals surface area contributed by atoms with Crippen molar-refractivity contribution < 1.29 is 5.11 Å². The molecule has 1 heterocycles. The molecular formula is C17H29IN4OS. The lowest BCUT2D eigenvalue weighted by Gasteiger charge is -2.37. The van der Waals surface area contributed by atoms with Crippen LogP contribution in [0.5, 0.6) is 5.75 Å². The summed E-state index contributed by atoms with van der Waals surface area (Å²) >= 11 is 1.87. The summed E-state index contributed by atoms with van der Waals surface area (Å²) in [5.41, 5.74) is 0.925. The highest BCUT2D eigenvalue weighted by molar-refractivity contribution is 14.0. The van der Waals surface area contributed by atoms with Crippen LogP contribution in [0.15, 0.2) is 29.3 Å². The van der Waals surface area contributed by atoms with Crippen molar-refractivity contribution in [3.8, 4) is 5.75 Å². The van der Waals surface area contributed by atoms with Crippen LogP contribution < -0.4 is 10.2 Å². The van der Waals surface area contributed by atoms with Gasteiger partial charge in [-0.05, 0) is 37.5 Å². The van der Waals surface area contributed by atoms with E-state index in [9.17, 15) is 5.11 Å². The number of aromatic hydroxyl groups is 1. The molecule has 1 aromatic carbocycles. The molecule has 1 aliphatic rings. The molecule has 1 aliphatic heterocycles. The van der Waals surface area contributed by atoms with Gasteiger partial charge in [0.25, 0.3) is 0 Å². The molecule has 0 saturated carbocycles. The molecule has 0 atom stereocenters. The number of phenolic OH excluding ortho intramolecular Hbond substituents is 1. The van der Waals surface area contributed by atoms with Crippen LogP contribution in [0.2, 0.25) is 0 Å². The van der Waals surface area contributed by atoms with Crippen molar-refractivity contribution in [1.29, 1.82) is 0 Å². The molecule has 5 nitrogen and oxygen atoms in total. The summed E-state index contributed by atoms with van der Waals surface area (Å²) in [6.45, 7) is 7.50. The number of aliphatic imine (C=N–C) groups is 1. The zero-order chi connectivity index (χ0) is 16.5. The zero-order valence-electron chi connectivity index (χ0n) is 14.6. The summed E-state index contributed by atoms with van der Waals surface area (Å²) in [4.78, 5) is 9.30. The summed E-state index contributed by atoms with van der Waals surface area (Å²) in [7, 11) is 0. The number of para-hydroxylation sites is 2. The van der Waals surface area contributed by atoms with E-state index in [2.05, 4.69) is 28.3 Å². The van der Waals surface area contributed by atoms with Crippen LogP contribution in [0.3, 0.4) is 0 Å². The lowest BCUT2D eigenvalue weighted by Crippen LogP contribution is -2.52. The van der Waals surface area contributed by atoms with Gasteiger partial charge < -0.3 is 20.2 Å². The first-order valence-corrected chi connectivity index (χ1v) is 9.70. The Balaban J connectivity index is 0.00000288. The number of benzene rings is 1. The van der Waals surface area contributed by atoms with Crippen LogP contribution in [0.4, 0.5) is 5.69 Å². The number of rotatable bonds is 6. The average molecular weight is 464 g/mol. The van der Waals surface area contributed by atoms with Crippen molar-refractivity contribution in [3.05, 3.63) is 24.3 Å². The Morgan fingerprint density at radius 1 is 1.25 bits per heavy atom. The standard InChI is InChI=1S/C17H28N4OS.HI/c1-3-18-17(19-9-6-14-23-2)21-12-10-20(11-13-21)15-7-4-5-8-16(15)22;/h4-5,7-8,22H,3,6,9-14H2,1-2H3,(H,18,19);1H. The number of nitrogens with zero attached hydrogens (tertiary/aromatic N) is 3. The first-order valence-electron chi connectivity index (χ1n) is 8.31. The first kappa shape index (κ1) is 21.2. The highest BCUT2D eigenvalue weighted by Gasteiger charge is 2.21. The molecule has 0 aromatic heterocycles. The number of thioether (sulfide) groups is 1. The van der Waals surface area contributed by atoms with E-state index in [1.54, 1.807) is 6.07 Å². The zero-order valence-corrected chi connectivity index (χ0v) is 17.7. The van der Waals surface area contributed by atoms with Crippen LogP contribution >= 0.6 is 35.7 Å². The molecule has 2 rings (SSSR count). The summed E-state index contributed by atoms with van der Waals surface area (Å²) in [5.74, 6) is 2.54. The van der Waals surface area contributed by atoms with Gasteiger partial charge in [0.2, 0.25) is 0 Å². The van der Waals surface area contributed by atoms with E-state index >= 15 is 0 Å². The lowest BCUT2D eigenvalue weighted by atomic mass is 10.2. The second-order valence-corrected chi connectivity index (χ2v) is 6.53. The highest BCUT2D eigenvalue weighted by Crippen LogP contribution is 2.27. The Morgan fingerprint density at radius 3 is 2.58 bits per heavy atom. The van der Waals surface area contributed by atoms with E-state index in [0.717, 1.165) is 63.1 Å². The quantitative estimate of drug-likeness (QED) is 0.294. The third-order valence-electron chi connectivity index (χ3n) is 3.90. The third-order valence-corrected chi connectivity index (χ3v) is 4.60. The van der Waals surface area contributed by atoms with Gasteiger partial charge in [-0.3, -0.25) is 4.99 Å². The molecule has 24 heavy (non-hydrogen) atoms. The van der Waals surface area contributed by atoms with Crippen molar-refractivity contribution >= 4 is 47.4 Å². The Bertz CT molecular complexity index is 507. The van der Waals surface area contributed by atoms with Gasteiger partial charge in [-0.2, -0.15) is 11.8 Å². The first-order chi connectivity index (χ1) is 11.3. The largest absolute Gasteiger partial charge is 0.506 e. The van der Waals surface area contributed by atoms with Gasteiger partial charge in [0, 0.05) is 39.3 Å².